The lowest BCUT2D eigenvalue weighted by Crippen LogP contribution is -2.61. The largest absolute Gasteiger partial charge is 0.480 e. The molecule has 9 amide bonds. The number of aliphatic carboxylic acids is 1. The molecule has 418 valence electrons. The minimum absolute atomic E-state index is 0.0668. The zero-order valence-corrected chi connectivity index (χ0v) is 47.1. The van der Waals surface area contributed by atoms with Gasteiger partial charge in [-0.15, -0.1) is 0 Å². The van der Waals surface area contributed by atoms with Crippen molar-refractivity contribution in [1.82, 2.24) is 47.4 Å². The van der Waals surface area contributed by atoms with E-state index in [4.69, 9.17) is 5.73 Å². The van der Waals surface area contributed by atoms with Crippen LogP contribution in [-0.4, -0.2) is 148 Å². The predicted octanol–water partition coefficient (Wildman–Crippen LogP) is 1.95. The number of carbonyl (C=O) groups excluding carboxylic acids is 9. The number of rotatable bonds is 32. The number of thioether (sulfide) groups is 1. The number of nitrogens with one attached hydrogen (secondary N) is 8. The van der Waals surface area contributed by atoms with Crippen molar-refractivity contribution in [3.63, 3.8) is 0 Å². The maximum absolute atomic E-state index is 14.2. The summed E-state index contributed by atoms with van der Waals surface area (Å²) < 4.78 is 0. The zero-order valence-electron chi connectivity index (χ0n) is 46.3. The molecular weight excluding hydrogens is 961 g/mol. The summed E-state index contributed by atoms with van der Waals surface area (Å²) in [5.74, 6) is -7.65. The number of carboxylic acid groups (broad SMARTS) is 1. The standard InChI is InChI=1S/C51H92N10O11S/c1-16-30(11)40(48(68)54-32(13)42(62)55-35(23-26(3)4)44(64)56-36(24-27(5)6)45(65)58-39(29(9)10)51(71)72)60-46(66)37(25-28(7)8)57-49(69)41(31(12)17-2)59-43(63)33(14)53-47(67)38-19-18-21-61(38)50(70)34(52)20-22-73-15/h26-41H,16-25,52H2,1-15H3,(H,53,67)(H,54,68)(H,55,62)(H,56,64)(H,57,69)(H,58,65)(H,59,63)(H,60,66)(H,71,72)/t30-,31-,32-,33-,34-,35-,36-,37-,38-,39-,40-,41-/m0/s1. The van der Waals surface area contributed by atoms with Gasteiger partial charge in [-0.25, -0.2) is 4.79 Å². The average molecular weight is 1050 g/mol. The van der Waals surface area contributed by atoms with Crippen molar-refractivity contribution < 1.29 is 53.1 Å². The molecule has 73 heavy (non-hydrogen) atoms. The Morgan fingerprint density at radius 3 is 1.36 bits per heavy atom. The van der Waals surface area contributed by atoms with Crippen LogP contribution in [0.15, 0.2) is 0 Å². The predicted molar refractivity (Wildman–Crippen MR) is 282 cm³/mol. The van der Waals surface area contributed by atoms with E-state index in [9.17, 15) is 53.1 Å². The first-order valence-electron chi connectivity index (χ1n) is 26.2. The van der Waals surface area contributed by atoms with Gasteiger partial charge in [0.15, 0.2) is 0 Å². The molecule has 1 heterocycles. The van der Waals surface area contributed by atoms with Gasteiger partial charge < -0.3 is 58.3 Å². The summed E-state index contributed by atoms with van der Waals surface area (Å²) in [6.07, 6.45) is 4.81. The fraction of sp³-hybridized carbons (Fsp3) is 0.804. The molecule has 1 fully saturated rings. The Hall–Kier alpha value is -4.99. The van der Waals surface area contributed by atoms with E-state index in [2.05, 4.69) is 42.5 Å². The molecule has 1 rings (SSSR count). The first-order chi connectivity index (χ1) is 34.0. The van der Waals surface area contributed by atoms with Gasteiger partial charge in [0.05, 0.1) is 6.04 Å². The van der Waals surface area contributed by atoms with E-state index in [0.29, 0.717) is 44.4 Å². The molecule has 0 aromatic rings. The molecule has 1 aliphatic heterocycles. The molecule has 1 saturated heterocycles. The number of nitrogens with two attached hydrogens (primary N) is 1. The van der Waals surface area contributed by atoms with Crippen LogP contribution in [0, 0.1) is 35.5 Å². The van der Waals surface area contributed by atoms with Crippen LogP contribution in [0.3, 0.4) is 0 Å². The van der Waals surface area contributed by atoms with Crippen molar-refractivity contribution in [3.05, 3.63) is 0 Å². The minimum Gasteiger partial charge on any atom is -0.480 e. The number of nitrogens with zero attached hydrogens (tertiary/aromatic N) is 1. The molecule has 22 heteroatoms. The smallest absolute Gasteiger partial charge is 0.326 e. The molecule has 0 spiro atoms. The molecule has 0 bridgehead atoms. The highest BCUT2D eigenvalue weighted by Crippen LogP contribution is 2.20. The normalized spacial score (nSPS) is 18.2. The maximum atomic E-state index is 14.2. The topological polar surface area (TPSA) is 316 Å². The van der Waals surface area contributed by atoms with Crippen molar-refractivity contribution in [1.29, 1.82) is 0 Å². The number of likely N-dealkylation sites (tertiary alicyclic amines) is 1. The number of carbonyl (C=O) groups is 10. The number of hydrogen-bond donors (Lipinski definition) is 10. The van der Waals surface area contributed by atoms with Crippen LogP contribution in [0.5, 0.6) is 0 Å². The van der Waals surface area contributed by atoms with Gasteiger partial charge >= 0.3 is 5.97 Å². The fourth-order valence-electron chi connectivity index (χ4n) is 8.27. The molecule has 11 N–H and O–H groups in total. The molecule has 21 nitrogen and oxygen atoms in total. The Kier molecular flexibility index (Phi) is 29.3. The van der Waals surface area contributed by atoms with Crippen molar-refractivity contribution in [2.75, 3.05) is 18.6 Å². The lowest BCUT2D eigenvalue weighted by molar-refractivity contribution is -0.143. The van der Waals surface area contributed by atoms with Gasteiger partial charge in [0.1, 0.15) is 54.4 Å². The second kappa shape index (κ2) is 32.3. The average Bonchev–Trinajstić information content (AvgIpc) is 3.81. The van der Waals surface area contributed by atoms with Gasteiger partial charge in [0, 0.05) is 6.54 Å². The Bertz CT molecular complexity index is 1870. The van der Waals surface area contributed by atoms with Crippen molar-refractivity contribution >= 4 is 70.9 Å². The molecule has 0 saturated carbocycles. The third-order valence-corrected chi connectivity index (χ3v) is 13.8. The van der Waals surface area contributed by atoms with E-state index in [1.807, 2.05) is 61.6 Å². The Morgan fingerprint density at radius 1 is 0.548 bits per heavy atom. The van der Waals surface area contributed by atoms with Gasteiger partial charge in [0.25, 0.3) is 0 Å². The second-order valence-electron chi connectivity index (χ2n) is 21.4. The summed E-state index contributed by atoms with van der Waals surface area (Å²) in [4.78, 5) is 137. The highest BCUT2D eigenvalue weighted by atomic mass is 32.2. The van der Waals surface area contributed by atoms with Gasteiger partial charge in [-0.05, 0) is 99.9 Å². The Labute approximate surface area is 438 Å². The number of amides is 9. The quantitative estimate of drug-likeness (QED) is 0.0462. The lowest BCUT2D eigenvalue weighted by atomic mass is 9.95. The molecule has 12 atom stereocenters. The maximum Gasteiger partial charge on any atom is 0.326 e. The fourth-order valence-corrected chi connectivity index (χ4v) is 8.76. The van der Waals surface area contributed by atoms with Crippen LogP contribution in [0.1, 0.15) is 148 Å². The van der Waals surface area contributed by atoms with Gasteiger partial charge in [-0.2, -0.15) is 11.8 Å². The van der Waals surface area contributed by atoms with E-state index in [1.165, 1.54) is 18.7 Å². The number of carboxylic acids is 1. The summed E-state index contributed by atoms with van der Waals surface area (Å²) in [5, 5.41) is 31.3. The monoisotopic (exact) mass is 1050 g/mol. The minimum atomic E-state index is -1.22. The molecule has 1 aliphatic rings. The van der Waals surface area contributed by atoms with Gasteiger partial charge in [-0.1, -0.05) is 95.9 Å². The van der Waals surface area contributed by atoms with Crippen LogP contribution < -0.4 is 48.3 Å². The van der Waals surface area contributed by atoms with E-state index < -0.39 is 131 Å². The molecule has 0 aromatic carbocycles. The van der Waals surface area contributed by atoms with E-state index in [0.717, 1.165) is 0 Å². The van der Waals surface area contributed by atoms with Crippen LogP contribution in [0.2, 0.25) is 0 Å². The highest BCUT2D eigenvalue weighted by Gasteiger charge is 2.39. The number of hydrogen-bond acceptors (Lipinski definition) is 12. The molecule has 0 aromatic heterocycles. The van der Waals surface area contributed by atoms with Crippen molar-refractivity contribution in [3.8, 4) is 0 Å². The Balaban J connectivity index is 3.24. The molecule has 0 unspecified atom stereocenters. The summed E-state index contributed by atoms with van der Waals surface area (Å²) in [5.41, 5.74) is 6.13. The Morgan fingerprint density at radius 2 is 0.932 bits per heavy atom. The molecule has 0 aliphatic carbocycles. The third-order valence-electron chi connectivity index (χ3n) is 13.1. The zero-order chi connectivity index (χ0) is 56.0. The summed E-state index contributed by atoms with van der Waals surface area (Å²) in [7, 11) is 0. The van der Waals surface area contributed by atoms with Crippen LogP contribution in [0.25, 0.3) is 0 Å². The SMILES string of the molecule is CC[C@H](C)[C@H](NC(=O)[C@H](C)NC(=O)[C@@H]1CCCN1C(=O)[C@@H](N)CCSC)C(=O)N[C@@H](CC(C)C)C(=O)N[C@H](C(=O)N[C@@H](C)C(=O)N[C@@H](CC(C)C)C(=O)N[C@@H](CC(C)C)C(=O)N[C@H](C(=O)O)C(C)C)[C@@H](C)CC. The summed E-state index contributed by atoms with van der Waals surface area (Å²) in [6, 6.07) is -10.7. The molecule has 0 radical (unpaired) electrons. The van der Waals surface area contributed by atoms with Crippen LogP contribution >= 0.6 is 11.8 Å². The first kappa shape index (κ1) is 66.0. The lowest BCUT2D eigenvalue weighted by Gasteiger charge is -2.31. The second-order valence-corrected chi connectivity index (χ2v) is 22.4. The van der Waals surface area contributed by atoms with Crippen LogP contribution in [-0.2, 0) is 47.9 Å². The van der Waals surface area contributed by atoms with Gasteiger partial charge in [-0.3, -0.25) is 43.2 Å². The van der Waals surface area contributed by atoms with E-state index in [1.54, 1.807) is 39.5 Å². The van der Waals surface area contributed by atoms with Crippen LogP contribution in [0.4, 0.5) is 0 Å². The van der Waals surface area contributed by atoms with Gasteiger partial charge in [0.2, 0.25) is 53.2 Å². The summed E-state index contributed by atoms with van der Waals surface area (Å²) >= 11 is 1.57. The first-order valence-corrected chi connectivity index (χ1v) is 27.6. The highest BCUT2D eigenvalue weighted by molar-refractivity contribution is 7.98. The van der Waals surface area contributed by atoms with E-state index >= 15 is 0 Å². The molecular formula is C51H92N10O11S. The van der Waals surface area contributed by atoms with Crippen molar-refractivity contribution in [2.24, 2.45) is 41.2 Å². The van der Waals surface area contributed by atoms with Crippen molar-refractivity contribution in [2.45, 2.75) is 209 Å². The summed E-state index contributed by atoms with van der Waals surface area (Å²) in [6.45, 7) is 24.8. The third kappa shape index (κ3) is 22.2. The van der Waals surface area contributed by atoms with E-state index in [-0.39, 0.29) is 42.9 Å².